The van der Waals surface area contributed by atoms with Gasteiger partial charge in [-0.3, -0.25) is 14.6 Å². The van der Waals surface area contributed by atoms with E-state index in [1.807, 2.05) is 42.5 Å². The highest BCUT2D eigenvalue weighted by atomic mass is 16.2. The number of anilines is 1. The van der Waals surface area contributed by atoms with Gasteiger partial charge in [-0.2, -0.15) is 0 Å². The van der Waals surface area contributed by atoms with E-state index >= 15 is 0 Å². The zero-order valence-corrected chi connectivity index (χ0v) is 12.3. The minimum absolute atomic E-state index is 0.319. The van der Waals surface area contributed by atoms with Crippen LogP contribution in [0.2, 0.25) is 0 Å². The van der Waals surface area contributed by atoms with Gasteiger partial charge in [0.15, 0.2) is 0 Å². The number of rotatable bonds is 3. The average molecular weight is 305 g/mol. The van der Waals surface area contributed by atoms with Crippen LogP contribution < -0.4 is 10.6 Å². The van der Waals surface area contributed by atoms with Crippen LogP contribution in [-0.4, -0.2) is 24.1 Å². The van der Waals surface area contributed by atoms with E-state index in [0.717, 1.165) is 5.56 Å². The Kier molecular flexibility index (Phi) is 4.29. The van der Waals surface area contributed by atoms with E-state index in [1.54, 1.807) is 18.2 Å². The van der Waals surface area contributed by atoms with Crippen molar-refractivity contribution in [3.05, 3.63) is 66.2 Å². The third-order valence-corrected chi connectivity index (χ3v) is 3.33. The van der Waals surface area contributed by atoms with Crippen LogP contribution in [0, 0.1) is 0 Å². The molecule has 1 atom stereocenters. The first kappa shape index (κ1) is 14.7. The first-order valence-corrected chi connectivity index (χ1v) is 7.20. The van der Waals surface area contributed by atoms with Gasteiger partial charge < -0.3 is 10.6 Å². The van der Waals surface area contributed by atoms with Crippen LogP contribution in [0.5, 0.6) is 0 Å². The van der Waals surface area contributed by atoms with Gasteiger partial charge in [0, 0.05) is 12.3 Å². The van der Waals surface area contributed by atoms with Gasteiger partial charge in [0.25, 0.3) is 5.91 Å². The van der Waals surface area contributed by atoms with E-state index in [0.29, 0.717) is 11.4 Å². The lowest BCUT2D eigenvalue weighted by molar-refractivity contribution is -0.122. The lowest BCUT2D eigenvalue weighted by Gasteiger charge is -2.11. The zero-order chi connectivity index (χ0) is 16.1. The fraction of sp³-hybridized carbons (Fsp3) is 0.0556. The summed E-state index contributed by atoms with van der Waals surface area (Å²) in [6.45, 7) is 0. The van der Waals surface area contributed by atoms with Gasteiger partial charge in [0.2, 0.25) is 5.91 Å². The van der Waals surface area contributed by atoms with Gasteiger partial charge in [0.1, 0.15) is 6.04 Å². The van der Waals surface area contributed by atoms with Gasteiger partial charge in [-0.25, -0.2) is 0 Å². The van der Waals surface area contributed by atoms with Crippen LogP contribution in [0.3, 0.4) is 0 Å². The summed E-state index contributed by atoms with van der Waals surface area (Å²) < 4.78 is 0. The van der Waals surface area contributed by atoms with Crippen LogP contribution in [-0.2, 0) is 9.59 Å². The molecule has 0 radical (unpaired) electrons. The predicted octanol–water partition coefficient (Wildman–Crippen LogP) is 2.54. The van der Waals surface area contributed by atoms with Gasteiger partial charge >= 0.3 is 0 Å². The topological polar surface area (TPSA) is 70.6 Å². The fourth-order valence-electron chi connectivity index (χ4n) is 2.17. The molecular weight excluding hydrogens is 290 g/mol. The lowest BCUT2D eigenvalue weighted by atomic mass is 10.2. The van der Waals surface area contributed by atoms with Crippen LogP contribution in [0.25, 0.3) is 6.08 Å². The molecule has 2 aromatic rings. The molecule has 2 N–H and O–H groups in total. The van der Waals surface area contributed by atoms with Gasteiger partial charge in [-0.15, -0.1) is 0 Å². The molecule has 0 fully saturated rings. The van der Waals surface area contributed by atoms with Crippen LogP contribution >= 0.6 is 0 Å². The van der Waals surface area contributed by atoms with Crippen molar-refractivity contribution in [2.75, 3.05) is 5.32 Å². The number of fused-ring (bicyclic) bond motifs is 1. The number of nitrogens with one attached hydrogen (secondary N) is 2. The third-order valence-electron chi connectivity index (χ3n) is 3.33. The lowest BCUT2D eigenvalue weighted by Crippen LogP contribution is -2.43. The van der Waals surface area contributed by atoms with E-state index in [4.69, 9.17) is 0 Å². The normalized spacial score (nSPS) is 16.5. The molecule has 0 bridgehead atoms. The average Bonchev–Trinajstić information content (AvgIpc) is 2.73. The summed E-state index contributed by atoms with van der Waals surface area (Å²) in [7, 11) is 0. The summed E-state index contributed by atoms with van der Waals surface area (Å²) in [6.07, 6.45) is 4.53. The summed E-state index contributed by atoms with van der Waals surface area (Å²) >= 11 is 0. The molecule has 0 spiro atoms. The molecule has 2 amide bonds. The third kappa shape index (κ3) is 3.71. The Morgan fingerprint density at radius 1 is 1.09 bits per heavy atom. The Bertz CT molecular complexity index is 782. The number of amides is 2. The second-order valence-electron chi connectivity index (χ2n) is 5.01. The van der Waals surface area contributed by atoms with E-state index < -0.39 is 6.04 Å². The molecule has 114 valence electrons. The number of aliphatic imine (C=N–C) groups is 1. The highest BCUT2D eigenvalue weighted by Crippen LogP contribution is 2.25. The van der Waals surface area contributed by atoms with Crippen LogP contribution in [0.1, 0.15) is 5.56 Å². The first-order chi connectivity index (χ1) is 11.2. The first-order valence-electron chi connectivity index (χ1n) is 7.20. The van der Waals surface area contributed by atoms with Crippen molar-refractivity contribution in [3.63, 3.8) is 0 Å². The molecule has 0 saturated heterocycles. The Morgan fingerprint density at radius 3 is 2.65 bits per heavy atom. The zero-order valence-electron chi connectivity index (χ0n) is 12.3. The van der Waals surface area contributed by atoms with Crippen molar-refractivity contribution in [3.8, 4) is 0 Å². The maximum Gasteiger partial charge on any atom is 0.252 e. The summed E-state index contributed by atoms with van der Waals surface area (Å²) in [5.41, 5.74) is 2.21. The molecular formula is C18H15N3O2. The second kappa shape index (κ2) is 6.70. The van der Waals surface area contributed by atoms with E-state index in [9.17, 15) is 9.59 Å². The van der Waals surface area contributed by atoms with Crippen LogP contribution in [0.15, 0.2) is 65.7 Å². The summed E-state index contributed by atoms with van der Waals surface area (Å²) in [5.74, 6) is -0.674. The minimum atomic E-state index is -0.810. The Balaban J connectivity index is 1.67. The highest BCUT2D eigenvalue weighted by Gasteiger charge is 2.21. The maximum atomic E-state index is 12.1. The summed E-state index contributed by atoms with van der Waals surface area (Å²) in [4.78, 5) is 28.4. The highest BCUT2D eigenvalue weighted by molar-refractivity contribution is 6.11. The molecule has 23 heavy (non-hydrogen) atoms. The molecule has 5 heteroatoms. The molecule has 2 aromatic carbocycles. The smallest absolute Gasteiger partial charge is 0.252 e. The van der Waals surface area contributed by atoms with E-state index in [-0.39, 0.29) is 11.8 Å². The Labute approximate surface area is 133 Å². The molecule has 5 nitrogen and oxygen atoms in total. The Morgan fingerprint density at radius 2 is 1.83 bits per heavy atom. The van der Waals surface area contributed by atoms with Gasteiger partial charge in [-0.1, -0.05) is 42.5 Å². The molecule has 0 aromatic heterocycles. The molecule has 1 aliphatic rings. The standard InChI is InChI=1S/C18H15N3O2/c22-17(11-10-13-6-2-1-3-7-13)20-16-12-19-14-8-4-5-9-15(14)21-18(16)23/h1-12,16H,(H,20,22)(H,21,23)/b11-10-/t16-/m1/s1. The minimum Gasteiger partial charge on any atom is -0.336 e. The summed E-state index contributed by atoms with van der Waals surface area (Å²) in [5, 5.41) is 5.38. The molecule has 3 rings (SSSR count). The molecule has 0 unspecified atom stereocenters. The SMILES string of the molecule is O=C(/C=C\c1ccccc1)N[C@@H]1C=Nc2ccccc2NC1=O. The predicted molar refractivity (Wildman–Crippen MR) is 90.6 cm³/mol. The largest absolute Gasteiger partial charge is 0.336 e. The number of carbonyl (C=O) groups is 2. The monoisotopic (exact) mass is 305 g/mol. The number of hydrogen-bond donors (Lipinski definition) is 2. The van der Waals surface area contributed by atoms with Gasteiger partial charge in [0.05, 0.1) is 11.4 Å². The Hall–Kier alpha value is -3.21. The van der Waals surface area contributed by atoms with Crippen molar-refractivity contribution >= 4 is 35.5 Å². The van der Waals surface area contributed by atoms with Crippen LogP contribution in [0.4, 0.5) is 11.4 Å². The molecule has 0 saturated carbocycles. The van der Waals surface area contributed by atoms with Crippen molar-refractivity contribution in [2.45, 2.75) is 6.04 Å². The number of benzene rings is 2. The fourth-order valence-corrected chi connectivity index (χ4v) is 2.17. The summed E-state index contributed by atoms with van der Waals surface area (Å²) in [6, 6.07) is 15.9. The number of carbonyl (C=O) groups excluding carboxylic acids is 2. The van der Waals surface area contributed by atoms with Crippen molar-refractivity contribution in [1.82, 2.24) is 5.32 Å². The second-order valence-corrected chi connectivity index (χ2v) is 5.01. The number of hydrogen-bond acceptors (Lipinski definition) is 3. The number of para-hydroxylation sites is 2. The molecule has 1 heterocycles. The molecule has 0 aliphatic carbocycles. The quantitative estimate of drug-likeness (QED) is 0.856. The van der Waals surface area contributed by atoms with Crippen molar-refractivity contribution in [1.29, 1.82) is 0 Å². The number of nitrogens with zero attached hydrogens (tertiary/aromatic N) is 1. The van der Waals surface area contributed by atoms with Gasteiger partial charge in [-0.05, 0) is 23.8 Å². The van der Waals surface area contributed by atoms with Crippen molar-refractivity contribution in [2.24, 2.45) is 4.99 Å². The van der Waals surface area contributed by atoms with Crippen molar-refractivity contribution < 1.29 is 9.59 Å². The molecule has 1 aliphatic heterocycles. The van der Waals surface area contributed by atoms with E-state index in [2.05, 4.69) is 15.6 Å². The van der Waals surface area contributed by atoms with E-state index in [1.165, 1.54) is 12.3 Å². The maximum absolute atomic E-state index is 12.1.